The van der Waals surface area contributed by atoms with Gasteiger partial charge in [-0.05, 0) is 24.3 Å². The molecule has 0 aliphatic carbocycles. The van der Waals surface area contributed by atoms with Gasteiger partial charge in [-0.15, -0.1) is 4.69 Å². The Hall–Kier alpha value is -1.64. The molecule has 0 N–H and O–H groups in total. The zero-order valence-corrected chi connectivity index (χ0v) is 5.84. The normalized spacial score (nSPS) is 9.82. The Morgan fingerprint density at radius 2 is 1.82 bits per heavy atom. The lowest BCUT2D eigenvalue weighted by molar-refractivity contribution is 0.289. The SMILES string of the molecule is [c]1cccn2ccccn2o1. The summed E-state index contributed by atoms with van der Waals surface area (Å²) in [5, 5.41) is 0. The summed E-state index contributed by atoms with van der Waals surface area (Å²) in [6.07, 6.45) is 8.20. The number of nitrogens with zero attached hydrogens (tertiary/aromatic N) is 2. The highest BCUT2D eigenvalue weighted by atomic mass is 16.5. The zero-order chi connectivity index (χ0) is 7.52. The molecule has 0 saturated heterocycles. The van der Waals surface area contributed by atoms with Gasteiger partial charge >= 0.3 is 0 Å². The molecule has 0 aliphatic rings. The Bertz CT molecular complexity index is 346. The Morgan fingerprint density at radius 3 is 2.82 bits per heavy atom. The minimum Gasteiger partial charge on any atom is -0.355 e. The third-order valence-electron chi connectivity index (χ3n) is 1.34. The summed E-state index contributed by atoms with van der Waals surface area (Å²) in [6.45, 7) is 0. The third kappa shape index (κ3) is 1.12. The van der Waals surface area contributed by atoms with Crippen molar-refractivity contribution in [1.29, 1.82) is 0 Å². The van der Waals surface area contributed by atoms with E-state index >= 15 is 0 Å². The molecule has 3 nitrogen and oxygen atoms in total. The van der Waals surface area contributed by atoms with Crippen LogP contribution in [0.5, 0.6) is 0 Å². The molecule has 2 aromatic heterocycles. The standard InChI is InChI=1S/C8H7N2O/c1-2-7-10-9(5-1)6-3-4-8-11-10/h1-7H. The van der Waals surface area contributed by atoms with E-state index in [0.29, 0.717) is 0 Å². The summed E-state index contributed by atoms with van der Waals surface area (Å²) >= 11 is 0. The van der Waals surface area contributed by atoms with E-state index in [1.807, 2.05) is 30.6 Å². The van der Waals surface area contributed by atoms with E-state index in [9.17, 15) is 0 Å². The minimum absolute atomic E-state index is 1.57. The van der Waals surface area contributed by atoms with Crippen molar-refractivity contribution in [2.75, 3.05) is 0 Å². The largest absolute Gasteiger partial charge is 0.355 e. The lowest BCUT2D eigenvalue weighted by Gasteiger charge is -1.94. The van der Waals surface area contributed by atoms with Gasteiger partial charge in [-0.25, -0.2) is 4.52 Å². The molecule has 0 unspecified atom stereocenters. The van der Waals surface area contributed by atoms with Crippen LogP contribution in [0.2, 0.25) is 0 Å². The van der Waals surface area contributed by atoms with Crippen LogP contribution in [-0.2, 0) is 0 Å². The molecule has 2 rings (SSSR count). The molecule has 3 heteroatoms. The van der Waals surface area contributed by atoms with Crippen LogP contribution >= 0.6 is 0 Å². The molecule has 1 radical (unpaired) electrons. The minimum atomic E-state index is 1.57. The Labute approximate surface area is 63.7 Å². The molecule has 11 heavy (non-hydrogen) atoms. The van der Waals surface area contributed by atoms with Crippen molar-refractivity contribution in [1.82, 2.24) is 9.20 Å². The predicted octanol–water partition coefficient (Wildman–Crippen LogP) is 1.56. The molecule has 2 aromatic rings. The van der Waals surface area contributed by atoms with E-state index in [-0.39, 0.29) is 0 Å². The average molecular weight is 147 g/mol. The van der Waals surface area contributed by atoms with Gasteiger partial charge in [-0.1, -0.05) is 0 Å². The maximum atomic E-state index is 5.06. The number of rotatable bonds is 0. The summed E-state index contributed by atoms with van der Waals surface area (Å²) < 4.78 is 8.43. The molecule has 55 valence electrons. The lowest BCUT2D eigenvalue weighted by atomic mass is 10.6. The summed E-state index contributed by atoms with van der Waals surface area (Å²) in [5.74, 6) is 0. The first-order valence-corrected chi connectivity index (χ1v) is 3.32. The summed E-state index contributed by atoms with van der Waals surface area (Å²) in [4.78, 5) is 0. The second kappa shape index (κ2) is 2.54. The van der Waals surface area contributed by atoms with Crippen molar-refractivity contribution in [2.45, 2.75) is 0 Å². The second-order valence-corrected chi connectivity index (χ2v) is 2.08. The van der Waals surface area contributed by atoms with Gasteiger partial charge < -0.3 is 4.52 Å². The fourth-order valence-electron chi connectivity index (χ4n) is 0.852. The van der Waals surface area contributed by atoms with E-state index in [1.54, 1.807) is 21.5 Å². The summed E-state index contributed by atoms with van der Waals surface area (Å²) in [5.41, 5.74) is 0. The maximum Gasteiger partial charge on any atom is 0.203 e. The predicted molar refractivity (Wildman–Crippen MR) is 39.6 cm³/mol. The summed E-state index contributed by atoms with van der Waals surface area (Å²) in [7, 11) is 0. The van der Waals surface area contributed by atoms with E-state index in [4.69, 9.17) is 4.52 Å². The van der Waals surface area contributed by atoms with Crippen LogP contribution in [0.25, 0.3) is 0 Å². The van der Waals surface area contributed by atoms with Crippen molar-refractivity contribution < 1.29 is 4.52 Å². The molecule has 0 spiro atoms. The molecular formula is C8H7N2O. The highest BCUT2D eigenvalue weighted by molar-refractivity contribution is 4.87. The number of hydrogen-bond acceptors (Lipinski definition) is 1. The van der Waals surface area contributed by atoms with E-state index < -0.39 is 0 Å². The van der Waals surface area contributed by atoms with E-state index in [1.165, 1.54) is 0 Å². The van der Waals surface area contributed by atoms with Gasteiger partial charge in [0.1, 0.15) is 0 Å². The number of hydrogen-bond donors (Lipinski definition) is 0. The molecule has 0 saturated carbocycles. The molecule has 2 heterocycles. The van der Waals surface area contributed by atoms with Crippen molar-refractivity contribution in [3.8, 4) is 0 Å². The zero-order valence-electron chi connectivity index (χ0n) is 5.84. The maximum absolute atomic E-state index is 5.06. The molecular weight excluding hydrogens is 140 g/mol. The smallest absolute Gasteiger partial charge is 0.203 e. The number of aromatic nitrogens is 2. The Morgan fingerprint density at radius 1 is 1.00 bits per heavy atom. The first-order valence-electron chi connectivity index (χ1n) is 3.32. The monoisotopic (exact) mass is 147 g/mol. The van der Waals surface area contributed by atoms with Crippen molar-refractivity contribution in [3.05, 3.63) is 49.1 Å². The van der Waals surface area contributed by atoms with Gasteiger partial charge in [0.2, 0.25) is 6.26 Å². The van der Waals surface area contributed by atoms with Gasteiger partial charge in [0.15, 0.2) is 0 Å². The van der Waals surface area contributed by atoms with Crippen LogP contribution in [0.15, 0.2) is 47.4 Å². The molecule has 0 amide bonds. The van der Waals surface area contributed by atoms with Crippen molar-refractivity contribution in [3.63, 3.8) is 0 Å². The lowest BCUT2D eigenvalue weighted by Crippen LogP contribution is -1.94. The van der Waals surface area contributed by atoms with E-state index in [2.05, 4.69) is 6.26 Å². The quantitative estimate of drug-likeness (QED) is 0.554. The summed E-state index contributed by atoms with van der Waals surface area (Å²) in [6, 6.07) is 7.37. The van der Waals surface area contributed by atoms with Crippen LogP contribution in [-0.4, -0.2) is 9.20 Å². The topological polar surface area (TPSA) is 22.0 Å². The Kier molecular flexibility index (Phi) is 1.41. The van der Waals surface area contributed by atoms with Gasteiger partial charge in [0, 0.05) is 12.4 Å². The fourth-order valence-corrected chi connectivity index (χ4v) is 0.852. The first-order chi connectivity index (χ1) is 5.47. The van der Waals surface area contributed by atoms with Gasteiger partial charge in [-0.3, -0.25) is 0 Å². The van der Waals surface area contributed by atoms with Crippen molar-refractivity contribution in [2.24, 2.45) is 0 Å². The highest BCUT2D eigenvalue weighted by Gasteiger charge is 1.80. The number of fused-ring (bicyclic) bond motifs is 1. The average Bonchev–Trinajstić information content (AvgIpc) is 2.28. The van der Waals surface area contributed by atoms with Gasteiger partial charge in [0.25, 0.3) is 0 Å². The molecule has 0 aliphatic heterocycles. The molecule has 0 aromatic carbocycles. The fraction of sp³-hybridized carbons (Fsp3) is 0. The Balaban J connectivity index is 2.90. The van der Waals surface area contributed by atoms with Gasteiger partial charge in [0.05, 0.1) is 6.20 Å². The molecule has 0 atom stereocenters. The van der Waals surface area contributed by atoms with Crippen LogP contribution in [0.1, 0.15) is 0 Å². The molecule has 0 fully saturated rings. The highest BCUT2D eigenvalue weighted by Crippen LogP contribution is 1.87. The van der Waals surface area contributed by atoms with Crippen LogP contribution in [0, 0.1) is 6.26 Å². The van der Waals surface area contributed by atoms with Crippen LogP contribution in [0.4, 0.5) is 0 Å². The van der Waals surface area contributed by atoms with Crippen LogP contribution in [0.3, 0.4) is 0 Å². The first kappa shape index (κ1) is 6.09. The van der Waals surface area contributed by atoms with Gasteiger partial charge in [-0.2, -0.15) is 0 Å². The third-order valence-corrected chi connectivity index (χ3v) is 1.34. The van der Waals surface area contributed by atoms with E-state index in [0.717, 1.165) is 0 Å². The second-order valence-electron chi connectivity index (χ2n) is 2.08. The van der Waals surface area contributed by atoms with Crippen LogP contribution < -0.4 is 0 Å². The van der Waals surface area contributed by atoms with Crippen molar-refractivity contribution >= 4 is 0 Å². The molecule has 0 bridgehead atoms.